The van der Waals surface area contributed by atoms with E-state index < -0.39 is 0 Å². The number of ketones is 2. The summed E-state index contributed by atoms with van der Waals surface area (Å²) in [6, 6.07) is 8.48. The Kier molecular flexibility index (Phi) is 4.20. The van der Waals surface area contributed by atoms with Crippen LogP contribution in [-0.4, -0.2) is 25.7 Å². The van der Waals surface area contributed by atoms with Crippen molar-refractivity contribution in [1.82, 2.24) is 0 Å². The van der Waals surface area contributed by atoms with Crippen LogP contribution in [-0.2, 0) is 9.59 Å². The lowest BCUT2D eigenvalue weighted by atomic mass is 9.70. The minimum absolute atomic E-state index is 0.00926. The number of nitrogens with zero attached hydrogens (tertiary/aromatic N) is 1. The summed E-state index contributed by atoms with van der Waals surface area (Å²) >= 11 is 0. The third kappa shape index (κ3) is 2.47. The van der Waals surface area contributed by atoms with E-state index in [2.05, 4.69) is 36.1 Å². The van der Waals surface area contributed by atoms with Crippen LogP contribution < -0.4 is 4.90 Å². The van der Waals surface area contributed by atoms with Gasteiger partial charge in [0.05, 0.1) is 0 Å². The molecule has 2 bridgehead atoms. The summed E-state index contributed by atoms with van der Waals surface area (Å²) in [7, 11) is 4.09. The molecule has 2 saturated carbocycles. The fraction of sp³-hybridized carbons (Fsp3) is 0.579. The van der Waals surface area contributed by atoms with Crippen LogP contribution in [0.3, 0.4) is 0 Å². The summed E-state index contributed by atoms with van der Waals surface area (Å²) in [6.45, 7) is 8.14. The van der Waals surface area contributed by atoms with Crippen LogP contribution >= 0.6 is 0 Å². The molecule has 0 saturated heterocycles. The molecule has 0 heterocycles. The van der Waals surface area contributed by atoms with Gasteiger partial charge < -0.3 is 4.90 Å². The molecule has 0 aromatic heterocycles. The monoisotopic (exact) mass is 301 g/mol. The number of rotatable bonds is 1. The second-order valence-corrected chi connectivity index (χ2v) is 7.57. The number of fused-ring (bicyclic) bond motifs is 2. The van der Waals surface area contributed by atoms with E-state index in [1.54, 1.807) is 0 Å². The summed E-state index contributed by atoms with van der Waals surface area (Å²) in [4.78, 5) is 25.1. The molecule has 1 aromatic carbocycles. The van der Waals surface area contributed by atoms with Gasteiger partial charge in [-0.3, -0.25) is 9.59 Å². The third-order valence-corrected chi connectivity index (χ3v) is 5.82. The number of anilines is 1. The first-order valence-corrected chi connectivity index (χ1v) is 7.94. The summed E-state index contributed by atoms with van der Waals surface area (Å²) < 4.78 is 0. The van der Waals surface area contributed by atoms with E-state index in [0.717, 1.165) is 12.8 Å². The van der Waals surface area contributed by atoms with Crippen molar-refractivity contribution in [3.05, 3.63) is 29.8 Å². The maximum atomic E-state index is 11.6. The average Bonchev–Trinajstić information content (AvgIpc) is 2.75. The highest BCUT2D eigenvalue weighted by molar-refractivity contribution is 6.43. The number of hydrogen-bond acceptors (Lipinski definition) is 3. The number of benzene rings is 1. The highest BCUT2D eigenvalue weighted by atomic mass is 16.2. The van der Waals surface area contributed by atoms with Gasteiger partial charge in [0.2, 0.25) is 11.6 Å². The summed E-state index contributed by atoms with van der Waals surface area (Å²) in [6.07, 6.45) is 1.81. The molecule has 0 radical (unpaired) electrons. The molecule has 2 fully saturated rings. The molecule has 3 nitrogen and oxygen atoms in total. The Labute approximate surface area is 133 Å². The standard InChI is InChI=1S/C10H14O2.C9H13N/c1-9(2)6-4-5-10(9,3)8(12)7(6)11;1-8-4-6-9(7-5-8)10(2)3/h6H,4-5H2,1-3H3;4-7H,1-3H3. The van der Waals surface area contributed by atoms with Crippen LogP contribution in [0.25, 0.3) is 0 Å². The van der Waals surface area contributed by atoms with Gasteiger partial charge in [-0.2, -0.15) is 0 Å². The van der Waals surface area contributed by atoms with Crippen molar-refractivity contribution in [3.8, 4) is 0 Å². The van der Waals surface area contributed by atoms with Gasteiger partial charge in [-0.05, 0) is 37.3 Å². The first kappa shape index (κ1) is 16.7. The zero-order valence-corrected chi connectivity index (χ0v) is 14.6. The van der Waals surface area contributed by atoms with Crippen molar-refractivity contribution < 1.29 is 9.59 Å². The predicted molar refractivity (Wildman–Crippen MR) is 90.1 cm³/mol. The quantitative estimate of drug-likeness (QED) is 0.743. The van der Waals surface area contributed by atoms with E-state index in [9.17, 15) is 9.59 Å². The van der Waals surface area contributed by atoms with Gasteiger partial charge in [0.1, 0.15) is 0 Å². The largest absolute Gasteiger partial charge is 0.378 e. The second kappa shape index (κ2) is 5.53. The molecule has 0 spiro atoms. The normalized spacial score (nSPS) is 28.4. The van der Waals surface area contributed by atoms with Crippen molar-refractivity contribution in [2.45, 2.75) is 40.5 Å². The van der Waals surface area contributed by atoms with Crippen LogP contribution in [0.1, 0.15) is 39.2 Å². The van der Waals surface area contributed by atoms with E-state index in [4.69, 9.17) is 0 Å². The van der Waals surface area contributed by atoms with Gasteiger partial charge in [0.25, 0.3) is 0 Å². The van der Waals surface area contributed by atoms with E-state index in [1.807, 2.05) is 34.9 Å². The Hall–Kier alpha value is -1.64. The molecule has 2 aliphatic carbocycles. The van der Waals surface area contributed by atoms with Crippen molar-refractivity contribution in [2.24, 2.45) is 16.7 Å². The molecule has 2 unspecified atom stereocenters. The number of Topliss-reactive ketones (excluding diaryl/α,β-unsaturated/α-hetero) is 2. The van der Waals surface area contributed by atoms with Crippen molar-refractivity contribution >= 4 is 17.3 Å². The van der Waals surface area contributed by atoms with Gasteiger partial charge in [-0.25, -0.2) is 0 Å². The lowest BCUT2D eigenvalue weighted by Crippen LogP contribution is -2.33. The Morgan fingerprint density at radius 3 is 1.91 bits per heavy atom. The molecule has 22 heavy (non-hydrogen) atoms. The topological polar surface area (TPSA) is 37.4 Å². The fourth-order valence-electron chi connectivity index (χ4n) is 3.64. The molecule has 2 aliphatic rings. The fourth-order valence-corrected chi connectivity index (χ4v) is 3.64. The van der Waals surface area contributed by atoms with Gasteiger partial charge in [0, 0.05) is 31.1 Å². The van der Waals surface area contributed by atoms with E-state index in [1.165, 1.54) is 11.3 Å². The number of carbonyl (C=O) groups is 2. The molecule has 0 amide bonds. The number of aryl methyl sites for hydroxylation is 1. The van der Waals surface area contributed by atoms with Gasteiger partial charge >= 0.3 is 0 Å². The summed E-state index contributed by atoms with van der Waals surface area (Å²) in [5.74, 6) is -0.229. The van der Waals surface area contributed by atoms with Gasteiger partial charge in [-0.1, -0.05) is 38.5 Å². The van der Waals surface area contributed by atoms with E-state index in [-0.39, 0.29) is 28.3 Å². The molecule has 0 N–H and O–H groups in total. The van der Waals surface area contributed by atoms with Crippen LogP contribution in [0.15, 0.2) is 24.3 Å². The van der Waals surface area contributed by atoms with Crippen LogP contribution in [0, 0.1) is 23.7 Å². The van der Waals surface area contributed by atoms with E-state index in [0.29, 0.717) is 0 Å². The maximum Gasteiger partial charge on any atom is 0.205 e. The lowest BCUT2D eigenvalue weighted by Gasteiger charge is -2.31. The van der Waals surface area contributed by atoms with Gasteiger partial charge in [0.15, 0.2) is 0 Å². The van der Waals surface area contributed by atoms with Crippen LogP contribution in [0.5, 0.6) is 0 Å². The zero-order chi connectivity index (χ0) is 16.7. The molecule has 120 valence electrons. The average molecular weight is 301 g/mol. The SMILES string of the molecule is CC12CCC(C(=O)C1=O)C2(C)C.Cc1ccc(N(C)C)cc1. The number of hydrogen-bond donors (Lipinski definition) is 0. The van der Waals surface area contributed by atoms with E-state index >= 15 is 0 Å². The lowest BCUT2D eigenvalue weighted by molar-refractivity contribution is -0.141. The third-order valence-electron chi connectivity index (χ3n) is 5.82. The Balaban J connectivity index is 0.000000164. The number of carbonyl (C=O) groups excluding carboxylic acids is 2. The molecular weight excluding hydrogens is 274 g/mol. The first-order chi connectivity index (χ1) is 10.1. The smallest absolute Gasteiger partial charge is 0.205 e. The van der Waals surface area contributed by atoms with Crippen molar-refractivity contribution in [3.63, 3.8) is 0 Å². The minimum atomic E-state index is -0.352. The highest BCUT2D eigenvalue weighted by Crippen LogP contribution is 2.61. The Morgan fingerprint density at radius 2 is 1.59 bits per heavy atom. The second-order valence-electron chi connectivity index (χ2n) is 7.57. The summed E-state index contributed by atoms with van der Waals surface area (Å²) in [5, 5.41) is 0. The molecule has 2 atom stereocenters. The van der Waals surface area contributed by atoms with Crippen LogP contribution in [0.4, 0.5) is 5.69 Å². The Bertz CT molecular complexity index is 586. The molecule has 0 aliphatic heterocycles. The summed E-state index contributed by atoms with van der Waals surface area (Å²) in [5.41, 5.74) is 2.12. The molecule has 3 rings (SSSR count). The van der Waals surface area contributed by atoms with Crippen LogP contribution in [0.2, 0.25) is 0 Å². The van der Waals surface area contributed by atoms with Crippen molar-refractivity contribution in [1.29, 1.82) is 0 Å². The molecule has 3 heteroatoms. The Morgan fingerprint density at radius 1 is 1.05 bits per heavy atom. The molecule has 1 aromatic rings. The maximum absolute atomic E-state index is 11.6. The first-order valence-electron chi connectivity index (χ1n) is 7.94. The predicted octanol–water partition coefficient (Wildman–Crippen LogP) is 3.64. The van der Waals surface area contributed by atoms with Crippen molar-refractivity contribution in [2.75, 3.05) is 19.0 Å². The highest BCUT2D eigenvalue weighted by Gasteiger charge is 2.66. The minimum Gasteiger partial charge on any atom is -0.378 e. The zero-order valence-electron chi connectivity index (χ0n) is 14.6. The van der Waals surface area contributed by atoms with Gasteiger partial charge in [-0.15, -0.1) is 0 Å². The molecular formula is C19H27NO2.